The Labute approximate surface area is 259 Å². The largest absolute Gasteiger partial charge is 0.493 e. The Morgan fingerprint density at radius 1 is 0.907 bits per heavy atom. The highest BCUT2D eigenvalue weighted by atomic mass is 35.5. The van der Waals surface area contributed by atoms with Crippen molar-refractivity contribution in [3.63, 3.8) is 0 Å². The van der Waals surface area contributed by atoms with Gasteiger partial charge in [-0.1, -0.05) is 55.3 Å². The van der Waals surface area contributed by atoms with E-state index in [1.807, 2.05) is 27.7 Å². The summed E-state index contributed by atoms with van der Waals surface area (Å²) in [5.41, 5.74) is 1.98. The zero-order chi connectivity index (χ0) is 31.7. The fourth-order valence-corrected chi connectivity index (χ4v) is 6.05. The normalized spacial score (nSPS) is 12.6. The molecule has 232 valence electrons. The van der Waals surface area contributed by atoms with Gasteiger partial charge in [-0.25, -0.2) is 8.42 Å². The summed E-state index contributed by atoms with van der Waals surface area (Å²) >= 11 is 6.09. The molecule has 3 aromatic rings. The highest BCUT2D eigenvalue weighted by Crippen LogP contribution is 2.32. The van der Waals surface area contributed by atoms with Crippen molar-refractivity contribution in [2.24, 2.45) is 0 Å². The lowest BCUT2D eigenvalue weighted by Gasteiger charge is -2.33. The van der Waals surface area contributed by atoms with Crippen molar-refractivity contribution in [3.05, 3.63) is 82.9 Å². The lowest BCUT2D eigenvalue weighted by atomic mass is 10.1. The molecule has 3 rings (SSSR count). The van der Waals surface area contributed by atoms with Gasteiger partial charge in [-0.05, 0) is 68.7 Å². The molecule has 0 spiro atoms. The van der Waals surface area contributed by atoms with Crippen LogP contribution in [0.3, 0.4) is 0 Å². The highest BCUT2D eigenvalue weighted by Gasteiger charge is 2.34. The first-order valence-corrected chi connectivity index (χ1v) is 15.9. The maximum atomic E-state index is 14.2. The number of carbonyl (C=O) groups excluding carboxylic acids is 2. The molecule has 11 heteroatoms. The molecule has 2 amide bonds. The molecule has 0 aliphatic carbocycles. The van der Waals surface area contributed by atoms with Crippen LogP contribution in [0.4, 0.5) is 5.69 Å². The number of nitrogens with zero attached hydrogens (tertiary/aromatic N) is 2. The number of benzene rings is 3. The average molecular weight is 630 g/mol. The molecular formula is C32H40ClN3O6S. The van der Waals surface area contributed by atoms with Gasteiger partial charge in [0.05, 0.1) is 24.8 Å². The fraction of sp³-hybridized carbons (Fsp3) is 0.375. The Morgan fingerprint density at radius 2 is 1.53 bits per heavy atom. The molecule has 9 nitrogen and oxygen atoms in total. The third kappa shape index (κ3) is 8.42. The summed E-state index contributed by atoms with van der Waals surface area (Å²) in [6.07, 6.45) is 1.05. The number of hydrogen-bond acceptors (Lipinski definition) is 6. The lowest BCUT2D eigenvalue weighted by Crippen LogP contribution is -2.53. The Balaban J connectivity index is 2.09. The SMILES string of the molecule is CC[C@H](C)NC(=O)[C@H](CC)N(Cc1ccc(Cl)cc1)C(=O)CN(c1ccc(C)cc1)S(=O)(=O)c1ccc(OC)c(OC)c1. The molecule has 0 aliphatic rings. The number of rotatable bonds is 14. The number of hydrogen-bond donors (Lipinski definition) is 1. The second-order valence-electron chi connectivity index (χ2n) is 10.3. The molecule has 0 heterocycles. The summed E-state index contributed by atoms with van der Waals surface area (Å²) in [4.78, 5) is 28.9. The van der Waals surface area contributed by atoms with Crippen LogP contribution in [0.1, 0.15) is 44.7 Å². The van der Waals surface area contributed by atoms with Crippen molar-refractivity contribution in [2.45, 2.75) is 64.1 Å². The lowest BCUT2D eigenvalue weighted by molar-refractivity contribution is -0.140. The van der Waals surface area contributed by atoms with Gasteiger partial charge in [0.1, 0.15) is 12.6 Å². The molecule has 2 atom stereocenters. The minimum Gasteiger partial charge on any atom is -0.493 e. The number of ether oxygens (including phenoxy) is 2. The Hall–Kier alpha value is -3.76. The number of methoxy groups -OCH3 is 2. The second kappa shape index (κ2) is 15.1. The van der Waals surface area contributed by atoms with Crippen LogP contribution in [0.2, 0.25) is 5.02 Å². The van der Waals surface area contributed by atoms with Crippen molar-refractivity contribution in [1.82, 2.24) is 10.2 Å². The monoisotopic (exact) mass is 629 g/mol. The van der Waals surface area contributed by atoms with E-state index in [-0.39, 0.29) is 29.1 Å². The van der Waals surface area contributed by atoms with Crippen LogP contribution in [-0.2, 0) is 26.2 Å². The van der Waals surface area contributed by atoms with Gasteiger partial charge in [0.25, 0.3) is 10.0 Å². The Morgan fingerprint density at radius 3 is 2.09 bits per heavy atom. The number of amides is 2. The van der Waals surface area contributed by atoms with Crippen LogP contribution in [0.5, 0.6) is 11.5 Å². The van der Waals surface area contributed by atoms with Crippen molar-refractivity contribution < 1.29 is 27.5 Å². The number of sulfonamides is 1. The first kappa shape index (κ1) is 33.7. The fourth-order valence-electron chi connectivity index (χ4n) is 4.49. The number of nitrogens with one attached hydrogen (secondary N) is 1. The predicted molar refractivity (Wildman–Crippen MR) is 169 cm³/mol. The van der Waals surface area contributed by atoms with Crippen molar-refractivity contribution in [3.8, 4) is 11.5 Å². The van der Waals surface area contributed by atoms with Crippen molar-refractivity contribution >= 4 is 39.1 Å². The number of anilines is 1. The predicted octanol–water partition coefficient (Wildman–Crippen LogP) is 5.58. The van der Waals surface area contributed by atoms with E-state index in [0.717, 1.165) is 21.9 Å². The van der Waals surface area contributed by atoms with Crippen molar-refractivity contribution in [2.75, 3.05) is 25.1 Å². The van der Waals surface area contributed by atoms with E-state index in [1.54, 1.807) is 48.5 Å². The molecule has 0 fully saturated rings. The maximum Gasteiger partial charge on any atom is 0.264 e. The standard InChI is InChI=1S/C32H40ClN3O6S/c1-7-23(4)34-32(38)28(8-2)35(20-24-11-13-25(33)14-12-24)31(37)21-36(26-15-9-22(3)10-16-26)43(39,40)27-17-18-29(41-5)30(19-27)42-6/h9-19,23,28H,7-8,20-21H2,1-6H3,(H,34,38)/t23-,28-/m0/s1. The second-order valence-corrected chi connectivity index (χ2v) is 12.6. The maximum absolute atomic E-state index is 14.2. The minimum absolute atomic E-state index is 0.0793. The van der Waals surface area contributed by atoms with Gasteiger partial charge in [0.2, 0.25) is 11.8 Å². The summed E-state index contributed by atoms with van der Waals surface area (Å²) in [6, 6.07) is 17.2. The zero-order valence-corrected chi connectivity index (χ0v) is 27.0. The van der Waals surface area contributed by atoms with Crippen LogP contribution >= 0.6 is 11.6 Å². The molecule has 43 heavy (non-hydrogen) atoms. The Kier molecular flexibility index (Phi) is 11.9. The van der Waals surface area contributed by atoms with E-state index in [4.69, 9.17) is 21.1 Å². The first-order valence-electron chi connectivity index (χ1n) is 14.1. The molecular weight excluding hydrogens is 590 g/mol. The van der Waals surface area contributed by atoms with E-state index >= 15 is 0 Å². The van der Waals surface area contributed by atoms with Gasteiger partial charge in [0, 0.05) is 23.7 Å². The molecule has 0 bridgehead atoms. The van der Waals surface area contributed by atoms with Crippen LogP contribution in [0.15, 0.2) is 71.6 Å². The summed E-state index contributed by atoms with van der Waals surface area (Å²) in [5, 5.41) is 3.51. The third-order valence-corrected chi connectivity index (χ3v) is 9.22. The molecule has 0 aromatic heterocycles. The summed E-state index contributed by atoms with van der Waals surface area (Å²) in [7, 11) is -1.40. The van der Waals surface area contributed by atoms with Crippen LogP contribution in [0, 0.1) is 6.92 Å². The molecule has 1 N–H and O–H groups in total. The number of carbonyl (C=O) groups is 2. The quantitative estimate of drug-likeness (QED) is 0.250. The number of aryl methyl sites for hydroxylation is 1. The first-order chi connectivity index (χ1) is 20.4. The van der Waals surface area contributed by atoms with Crippen LogP contribution in [-0.4, -0.2) is 58.0 Å². The molecule has 0 saturated heterocycles. The van der Waals surface area contributed by atoms with Crippen LogP contribution in [0.25, 0.3) is 0 Å². The summed E-state index contributed by atoms with van der Waals surface area (Å²) in [6.45, 7) is 7.10. The van der Waals surface area contributed by atoms with Gasteiger partial charge in [0.15, 0.2) is 11.5 Å². The van der Waals surface area contributed by atoms with E-state index in [0.29, 0.717) is 22.9 Å². The van der Waals surface area contributed by atoms with E-state index in [1.165, 1.54) is 37.3 Å². The molecule has 3 aromatic carbocycles. The van der Waals surface area contributed by atoms with Gasteiger partial charge >= 0.3 is 0 Å². The molecule has 0 unspecified atom stereocenters. The van der Waals surface area contributed by atoms with Gasteiger partial charge < -0.3 is 19.7 Å². The topological polar surface area (TPSA) is 105 Å². The number of halogens is 1. The zero-order valence-electron chi connectivity index (χ0n) is 25.5. The van der Waals surface area contributed by atoms with Gasteiger partial charge in [-0.2, -0.15) is 0 Å². The molecule has 0 aliphatic heterocycles. The van der Waals surface area contributed by atoms with E-state index in [2.05, 4.69) is 5.32 Å². The summed E-state index contributed by atoms with van der Waals surface area (Å²) in [5.74, 6) is -0.239. The van der Waals surface area contributed by atoms with E-state index < -0.39 is 28.5 Å². The smallest absolute Gasteiger partial charge is 0.264 e. The van der Waals surface area contributed by atoms with Crippen molar-refractivity contribution in [1.29, 1.82) is 0 Å². The van der Waals surface area contributed by atoms with Crippen LogP contribution < -0.4 is 19.1 Å². The summed E-state index contributed by atoms with van der Waals surface area (Å²) < 4.78 is 40.0. The molecule has 0 radical (unpaired) electrons. The highest BCUT2D eigenvalue weighted by molar-refractivity contribution is 7.92. The Bertz CT molecular complexity index is 1500. The third-order valence-electron chi connectivity index (χ3n) is 7.20. The van der Waals surface area contributed by atoms with Gasteiger partial charge in [-0.3, -0.25) is 13.9 Å². The minimum atomic E-state index is -4.27. The van der Waals surface area contributed by atoms with Gasteiger partial charge in [-0.15, -0.1) is 0 Å². The average Bonchev–Trinajstić information content (AvgIpc) is 3.00. The van der Waals surface area contributed by atoms with E-state index in [9.17, 15) is 18.0 Å². The molecule has 0 saturated carbocycles.